The molecule has 1 aliphatic heterocycles. The van der Waals surface area contributed by atoms with E-state index in [2.05, 4.69) is 88.4 Å². The largest absolute Gasteiger partial charge is 0.493 e. The highest BCUT2D eigenvalue weighted by molar-refractivity contribution is 5.84. The molecule has 0 N–H and O–H groups in total. The van der Waals surface area contributed by atoms with E-state index in [-0.39, 0.29) is 0 Å². The van der Waals surface area contributed by atoms with Crippen LogP contribution in [-0.2, 0) is 12.8 Å². The van der Waals surface area contributed by atoms with Crippen molar-refractivity contribution in [3.63, 3.8) is 0 Å². The highest BCUT2D eigenvalue weighted by Gasteiger charge is 2.34. The summed E-state index contributed by atoms with van der Waals surface area (Å²) in [5.41, 5.74) is 21.9. The van der Waals surface area contributed by atoms with Crippen molar-refractivity contribution in [2.24, 2.45) is 0 Å². The van der Waals surface area contributed by atoms with E-state index in [1.807, 2.05) is 0 Å². The number of hydrogen-bond donors (Lipinski definition) is 0. The first kappa shape index (κ1) is 59.6. The van der Waals surface area contributed by atoms with E-state index in [0.29, 0.717) is 0 Å². The number of unbranched alkanes of at least 4 members (excludes halogenated alkanes) is 37. The molecule has 0 fully saturated rings. The summed E-state index contributed by atoms with van der Waals surface area (Å²) in [6.45, 7) is 9.17. The monoisotopic (exact) mass is 931 g/mol. The van der Waals surface area contributed by atoms with Gasteiger partial charge < -0.3 is 5.53 Å². The predicted octanol–water partition coefficient (Wildman–Crippen LogP) is 23.0. The van der Waals surface area contributed by atoms with Crippen LogP contribution in [0.25, 0.3) is 16.9 Å². The number of hydrogen-bond acceptors (Lipinski definition) is 0. The molecule has 0 atom stereocenters. The Balaban J connectivity index is 1.42. The fourth-order valence-corrected chi connectivity index (χ4v) is 10.7. The summed E-state index contributed by atoms with van der Waals surface area (Å²) in [6, 6.07) is 18.2. The van der Waals surface area contributed by atoms with Gasteiger partial charge in [-0.1, -0.05) is 295 Å². The van der Waals surface area contributed by atoms with E-state index >= 15 is 0 Å². The molecule has 0 unspecified atom stereocenters. The Morgan fingerprint density at radius 3 is 1.19 bits per heavy atom. The summed E-state index contributed by atoms with van der Waals surface area (Å²) >= 11 is 0. The van der Waals surface area contributed by atoms with Gasteiger partial charge in [-0.15, -0.1) is 0 Å². The first-order valence-electron chi connectivity index (χ1n) is 30.5. The third-order valence-electron chi connectivity index (χ3n) is 15.1. The van der Waals surface area contributed by atoms with Gasteiger partial charge in [0.25, 0.3) is 0 Å². The van der Waals surface area contributed by atoms with Gasteiger partial charge in [0.05, 0.1) is 5.57 Å². The van der Waals surface area contributed by atoms with E-state index in [9.17, 15) is 5.53 Å². The number of nitrogens with zero attached hydrogens (tertiary/aromatic N) is 2. The number of aryl methyl sites for hydroxylation is 2. The Bertz CT molecular complexity index is 1610. The Hall–Kier alpha value is -2.74. The standard InChI is InChI=1S/C66H110N2/c1-5-9-13-16-18-20-21-22-23-24-25-26-27-28-29-30-31-32-33-34-35-36-37-38-39-41-43-46-53-64-63(52-45-42-40-19-17-14-10-6-2)65(61-56-54-59(55-57-61)49-44-15-11-7-3)68(67)66(64)62-51-47-50-60(58-62)48-12-8-4/h45,47,50-52,54-58H,5-44,46,48-49,53H2,1-4H3. The molecule has 1 heterocycles. The maximum absolute atomic E-state index is 12.3. The summed E-state index contributed by atoms with van der Waals surface area (Å²) in [5.74, 6) is 0. The van der Waals surface area contributed by atoms with E-state index < -0.39 is 0 Å². The Morgan fingerprint density at radius 1 is 0.353 bits per heavy atom. The van der Waals surface area contributed by atoms with Crippen LogP contribution in [0, 0.1) is 0 Å². The molecule has 0 saturated heterocycles. The van der Waals surface area contributed by atoms with Crippen LogP contribution in [0.15, 0.2) is 71.8 Å². The summed E-state index contributed by atoms with van der Waals surface area (Å²) < 4.78 is 1.58. The van der Waals surface area contributed by atoms with E-state index in [1.165, 1.54) is 279 Å². The Kier molecular flexibility index (Phi) is 36.8. The van der Waals surface area contributed by atoms with E-state index in [4.69, 9.17) is 0 Å². The molecule has 0 aromatic heterocycles. The zero-order chi connectivity index (χ0) is 48.4. The lowest BCUT2D eigenvalue weighted by atomic mass is 9.93. The highest BCUT2D eigenvalue weighted by atomic mass is 15.2. The molecule has 3 rings (SSSR count). The topological polar surface area (TPSA) is 25.3 Å². The third-order valence-corrected chi connectivity index (χ3v) is 15.1. The second kappa shape index (κ2) is 42.0. The van der Waals surface area contributed by atoms with Crippen molar-refractivity contribution in [3.8, 4) is 0 Å². The molecule has 2 aromatic carbocycles. The molecule has 0 saturated carbocycles. The maximum Gasteiger partial charge on any atom is 0.215 e. The first-order chi connectivity index (χ1) is 33.6. The van der Waals surface area contributed by atoms with Crippen molar-refractivity contribution in [1.82, 2.24) is 0 Å². The van der Waals surface area contributed by atoms with Crippen molar-refractivity contribution in [1.29, 1.82) is 0 Å². The number of benzene rings is 2. The van der Waals surface area contributed by atoms with Crippen LogP contribution in [-0.4, -0.2) is 4.70 Å². The van der Waals surface area contributed by atoms with Crippen LogP contribution in [0.3, 0.4) is 0 Å². The first-order valence-corrected chi connectivity index (χ1v) is 30.5. The fraction of sp³-hybridized carbons (Fsp3) is 0.727. The second-order valence-corrected chi connectivity index (χ2v) is 21.5. The van der Waals surface area contributed by atoms with Gasteiger partial charge >= 0.3 is 0 Å². The minimum Gasteiger partial charge on any atom is -0.493 e. The molecular weight excluding hydrogens is 821 g/mol. The van der Waals surface area contributed by atoms with Crippen LogP contribution in [0.1, 0.15) is 320 Å². The van der Waals surface area contributed by atoms with Gasteiger partial charge in [-0.25, -0.2) is 4.70 Å². The maximum atomic E-state index is 12.3. The molecule has 2 aromatic rings. The van der Waals surface area contributed by atoms with Crippen molar-refractivity contribution < 1.29 is 4.70 Å². The molecule has 1 aliphatic rings. The summed E-state index contributed by atoms with van der Waals surface area (Å²) in [4.78, 5) is 0. The van der Waals surface area contributed by atoms with Gasteiger partial charge in [0.2, 0.25) is 11.4 Å². The van der Waals surface area contributed by atoms with Gasteiger partial charge in [-0.05, 0) is 86.8 Å². The third kappa shape index (κ3) is 27.0. The molecular formula is C66H110N2. The Morgan fingerprint density at radius 2 is 0.735 bits per heavy atom. The predicted molar refractivity (Wildman–Crippen MR) is 304 cm³/mol. The molecule has 68 heavy (non-hydrogen) atoms. The SMILES string of the molecule is CCCCCCCCC=CC1=C(c2ccc(CCCCCC)cc2)[N+](=[N-])C(c2cccc(CCCC)c2)=C1CCCCCCCCCCCCCCCCCCCCCCCCCCCCCC. The van der Waals surface area contributed by atoms with E-state index in [1.54, 1.807) is 4.70 Å². The molecule has 0 radical (unpaired) electrons. The molecule has 0 aliphatic carbocycles. The normalized spacial score (nSPS) is 13.1. The minimum absolute atomic E-state index is 0.964. The van der Waals surface area contributed by atoms with Crippen molar-refractivity contribution in [2.75, 3.05) is 0 Å². The van der Waals surface area contributed by atoms with Crippen molar-refractivity contribution in [3.05, 3.63) is 99.6 Å². The van der Waals surface area contributed by atoms with Gasteiger partial charge in [0.15, 0.2) is 0 Å². The van der Waals surface area contributed by atoms with Gasteiger partial charge in [0, 0.05) is 16.7 Å². The van der Waals surface area contributed by atoms with Gasteiger partial charge in [-0.2, -0.15) is 0 Å². The lowest BCUT2D eigenvalue weighted by molar-refractivity contribution is -0.345. The zero-order valence-corrected chi connectivity index (χ0v) is 45.8. The van der Waals surface area contributed by atoms with Crippen LogP contribution in [0.2, 0.25) is 0 Å². The lowest BCUT2D eigenvalue weighted by Gasteiger charge is -2.11. The van der Waals surface area contributed by atoms with Crippen LogP contribution < -0.4 is 0 Å². The van der Waals surface area contributed by atoms with Crippen molar-refractivity contribution in [2.45, 2.75) is 310 Å². The quantitative estimate of drug-likeness (QED) is 0.0467. The molecule has 0 spiro atoms. The minimum atomic E-state index is 0.964. The summed E-state index contributed by atoms with van der Waals surface area (Å²) in [5, 5.41) is 0. The van der Waals surface area contributed by atoms with Gasteiger partial charge in [0.1, 0.15) is 0 Å². The zero-order valence-electron chi connectivity index (χ0n) is 45.8. The van der Waals surface area contributed by atoms with E-state index in [0.717, 1.165) is 48.2 Å². The lowest BCUT2D eigenvalue weighted by Crippen LogP contribution is -2.03. The number of rotatable bonds is 47. The summed E-state index contributed by atoms with van der Waals surface area (Å²) in [7, 11) is 0. The molecule has 0 bridgehead atoms. The van der Waals surface area contributed by atoms with Crippen LogP contribution in [0.4, 0.5) is 0 Å². The molecule has 0 amide bonds. The highest BCUT2D eigenvalue weighted by Crippen LogP contribution is 2.43. The number of allylic oxidation sites excluding steroid dienone is 4. The van der Waals surface area contributed by atoms with Crippen LogP contribution in [0.5, 0.6) is 0 Å². The van der Waals surface area contributed by atoms with Gasteiger partial charge in [-0.3, -0.25) is 0 Å². The Labute approximate surface area is 424 Å². The second-order valence-electron chi connectivity index (χ2n) is 21.5. The molecule has 2 nitrogen and oxygen atoms in total. The summed E-state index contributed by atoms with van der Waals surface area (Å²) in [6.07, 6.45) is 64.4. The molecule has 384 valence electrons. The van der Waals surface area contributed by atoms with Crippen molar-refractivity contribution >= 4 is 11.4 Å². The molecule has 2 heteroatoms. The smallest absolute Gasteiger partial charge is 0.215 e. The van der Waals surface area contributed by atoms with Crippen LogP contribution >= 0.6 is 0 Å². The fourth-order valence-electron chi connectivity index (χ4n) is 10.7. The average molecular weight is 932 g/mol. The average Bonchev–Trinajstić information content (AvgIpc) is 3.63.